The summed E-state index contributed by atoms with van der Waals surface area (Å²) in [4.78, 5) is 15.0. The smallest absolute Gasteiger partial charge is 0.252 e. The Hall–Kier alpha value is -2.27. The van der Waals surface area contributed by atoms with Gasteiger partial charge >= 0.3 is 0 Å². The summed E-state index contributed by atoms with van der Waals surface area (Å²) in [7, 11) is 0. The van der Waals surface area contributed by atoms with Gasteiger partial charge in [0.15, 0.2) is 0 Å². The number of amides is 1. The van der Waals surface area contributed by atoms with Crippen molar-refractivity contribution in [2.75, 3.05) is 13.1 Å². The summed E-state index contributed by atoms with van der Waals surface area (Å²) in [5, 5.41) is 3.85. The van der Waals surface area contributed by atoms with Crippen LogP contribution in [0.3, 0.4) is 0 Å². The lowest BCUT2D eigenvalue weighted by atomic mass is 9.98. The van der Waals surface area contributed by atoms with Crippen LogP contribution in [0.5, 0.6) is 0 Å². The summed E-state index contributed by atoms with van der Waals surface area (Å²) < 4.78 is 5.68. The molecule has 4 rings (SSSR count). The normalized spacial score (nSPS) is 15.1. The molecule has 0 bridgehead atoms. The van der Waals surface area contributed by atoms with Crippen LogP contribution in [-0.4, -0.2) is 23.9 Å². The van der Waals surface area contributed by atoms with Crippen LogP contribution < -0.4 is 5.32 Å². The predicted octanol–water partition coefficient (Wildman–Crippen LogP) is 5.12. The SMILES string of the molecule is O=C(NCC(c1ccco1)N1CCc2ccccc2C1)c1cc(Cl)ccc1Cl. The van der Waals surface area contributed by atoms with Gasteiger partial charge in [0, 0.05) is 24.7 Å². The minimum Gasteiger partial charge on any atom is -0.468 e. The van der Waals surface area contributed by atoms with Gasteiger partial charge in [0.1, 0.15) is 5.76 Å². The standard InChI is InChI=1S/C22H20Cl2N2O2/c23-17-7-8-19(24)18(12-17)22(27)25-13-20(21-6-3-11-28-21)26-10-9-15-4-1-2-5-16(15)14-26/h1-8,11-12,20H,9-10,13-14H2,(H,25,27). The third kappa shape index (κ3) is 4.09. The van der Waals surface area contributed by atoms with Gasteiger partial charge in [-0.2, -0.15) is 0 Å². The zero-order chi connectivity index (χ0) is 19.5. The van der Waals surface area contributed by atoms with Crippen LogP contribution in [0.2, 0.25) is 10.0 Å². The lowest BCUT2D eigenvalue weighted by molar-refractivity contribution is 0.0919. The molecule has 1 aliphatic rings. The maximum Gasteiger partial charge on any atom is 0.252 e. The molecule has 0 saturated heterocycles. The number of fused-ring (bicyclic) bond motifs is 1. The van der Waals surface area contributed by atoms with Crippen molar-refractivity contribution in [3.63, 3.8) is 0 Å². The molecule has 0 radical (unpaired) electrons. The zero-order valence-corrected chi connectivity index (χ0v) is 16.7. The molecule has 3 aromatic rings. The van der Waals surface area contributed by atoms with E-state index in [4.69, 9.17) is 27.6 Å². The lowest BCUT2D eigenvalue weighted by Crippen LogP contribution is -2.40. The van der Waals surface area contributed by atoms with Crippen LogP contribution in [0.4, 0.5) is 0 Å². The fourth-order valence-electron chi connectivity index (χ4n) is 3.63. The minimum atomic E-state index is -0.249. The number of hydrogen-bond donors (Lipinski definition) is 1. The largest absolute Gasteiger partial charge is 0.468 e. The molecule has 1 aromatic heterocycles. The van der Waals surface area contributed by atoms with Gasteiger partial charge in [-0.25, -0.2) is 0 Å². The van der Waals surface area contributed by atoms with E-state index in [9.17, 15) is 4.79 Å². The van der Waals surface area contributed by atoms with Crippen molar-refractivity contribution >= 4 is 29.1 Å². The van der Waals surface area contributed by atoms with Gasteiger partial charge in [-0.1, -0.05) is 47.5 Å². The number of nitrogens with zero attached hydrogens (tertiary/aromatic N) is 1. The van der Waals surface area contributed by atoms with E-state index in [-0.39, 0.29) is 11.9 Å². The Kier molecular flexibility index (Phi) is 5.72. The van der Waals surface area contributed by atoms with Crippen LogP contribution in [-0.2, 0) is 13.0 Å². The third-order valence-corrected chi connectivity index (χ3v) is 5.67. The van der Waals surface area contributed by atoms with Crippen molar-refractivity contribution < 1.29 is 9.21 Å². The highest BCUT2D eigenvalue weighted by atomic mass is 35.5. The summed E-state index contributed by atoms with van der Waals surface area (Å²) in [6.07, 6.45) is 2.64. The van der Waals surface area contributed by atoms with E-state index in [0.29, 0.717) is 22.2 Å². The van der Waals surface area contributed by atoms with Crippen LogP contribution in [0.15, 0.2) is 65.3 Å². The number of halogens is 2. The molecule has 1 unspecified atom stereocenters. The number of hydrogen-bond acceptors (Lipinski definition) is 3. The quantitative estimate of drug-likeness (QED) is 0.630. The van der Waals surface area contributed by atoms with Gasteiger partial charge in [0.05, 0.1) is 22.9 Å². The Labute approximate surface area is 174 Å². The molecular weight excluding hydrogens is 395 g/mol. The Bertz CT molecular complexity index is 972. The molecule has 0 aliphatic carbocycles. The first-order chi connectivity index (χ1) is 13.6. The Balaban J connectivity index is 1.52. The van der Waals surface area contributed by atoms with E-state index < -0.39 is 0 Å². The Morgan fingerprint density at radius 3 is 2.71 bits per heavy atom. The molecule has 28 heavy (non-hydrogen) atoms. The average molecular weight is 415 g/mol. The molecular formula is C22H20Cl2N2O2. The topological polar surface area (TPSA) is 45.5 Å². The predicted molar refractivity (Wildman–Crippen MR) is 111 cm³/mol. The molecule has 1 amide bonds. The van der Waals surface area contributed by atoms with Gasteiger partial charge in [0.2, 0.25) is 0 Å². The van der Waals surface area contributed by atoms with E-state index in [1.165, 1.54) is 11.1 Å². The van der Waals surface area contributed by atoms with E-state index in [2.05, 4.69) is 34.5 Å². The fourth-order valence-corrected chi connectivity index (χ4v) is 4.01. The number of rotatable bonds is 5. The number of carbonyl (C=O) groups is 1. The summed E-state index contributed by atoms with van der Waals surface area (Å²) >= 11 is 12.2. The summed E-state index contributed by atoms with van der Waals surface area (Å²) in [5.41, 5.74) is 3.07. The number of nitrogens with one attached hydrogen (secondary N) is 1. The number of carbonyl (C=O) groups excluding carboxylic acids is 1. The van der Waals surface area contributed by atoms with Crippen molar-refractivity contribution in [1.82, 2.24) is 10.2 Å². The van der Waals surface area contributed by atoms with Crippen molar-refractivity contribution in [3.8, 4) is 0 Å². The van der Waals surface area contributed by atoms with E-state index in [0.717, 1.165) is 25.3 Å². The molecule has 4 nitrogen and oxygen atoms in total. The highest BCUT2D eigenvalue weighted by Gasteiger charge is 2.27. The van der Waals surface area contributed by atoms with E-state index in [1.807, 2.05) is 12.1 Å². The molecule has 144 valence electrons. The van der Waals surface area contributed by atoms with Gasteiger partial charge in [0.25, 0.3) is 5.91 Å². The van der Waals surface area contributed by atoms with Crippen molar-refractivity contribution in [2.24, 2.45) is 0 Å². The maximum absolute atomic E-state index is 12.7. The first kappa shape index (κ1) is 19.1. The van der Waals surface area contributed by atoms with E-state index in [1.54, 1.807) is 24.5 Å². The molecule has 2 aromatic carbocycles. The Morgan fingerprint density at radius 2 is 1.93 bits per heavy atom. The molecule has 1 atom stereocenters. The van der Waals surface area contributed by atoms with Crippen LogP contribution in [0, 0.1) is 0 Å². The van der Waals surface area contributed by atoms with Crippen molar-refractivity contribution in [1.29, 1.82) is 0 Å². The second kappa shape index (κ2) is 8.39. The van der Waals surface area contributed by atoms with Crippen molar-refractivity contribution in [2.45, 2.75) is 19.0 Å². The average Bonchev–Trinajstić information content (AvgIpc) is 3.24. The number of furan rings is 1. The zero-order valence-electron chi connectivity index (χ0n) is 15.2. The van der Waals surface area contributed by atoms with Crippen molar-refractivity contribution in [3.05, 3.63) is 93.4 Å². The van der Waals surface area contributed by atoms with Gasteiger partial charge < -0.3 is 9.73 Å². The minimum absolute atomic E-state index is 0.0646. The highest BCUT2D eigenvalue weighted by molar-refractivity contribution is 6.35. The third-order valence-electron chi connectivity index (χ3n) is 5.10. The second-order valence-electron chi connectivity index (χ2n) is 6.85. The molecule has 0 saturated carbocycles. The molecule has 0 fully saturated rings. The van der Waals surface area contributed by atoms with Gasteiger partial charge in [-0.05, 0) is 47.9 Å². The highest BCUT2D eigenvalue weighted by Crippen LogP contribution is 2.28. The summed E-state index contributed by atoms with van der Waals surface area (Å²) in [5.74, 6) is 0.582. The lowest BCUT2D eigenvalue weighted by Gasteiger charge is -2.34. The summed E-state index contributed by atoms with van der Waals surface area (Å²) in [6, 6.07) is 17.1. The number of benzene rings is 2. The molecule has 2 heterocycles. The first-order valence-corrected chi connectivity index (χ1v) is 9.95. The summed E-state index contributed by atoms with van der Waals surface area (Å²) in [6.45, 7) is 2.13. The monoisotopic (exact) mass is 414 g/mol. The van der Waals surface area contributed by atoms with Gasteiger partial charge in [-0.15, -0.1) is 0 Å². The van der Waals surface area contributed by atoms with E-state index >= 15 is 0 Å². The van der Waals surface area contributed by atoms with Crippen LogP contribution in [0.1, 0.15) is 33.3 Å². The fraction of sp³-hybridized carbons (Fsp3) is 0.227. The first-order valence-electron chi connectivity index (χ1n) is 9.19. The van der Waals surface area contributed by atoms with Gasteiger partial charge in [-0.3, -0.25) is 9.69 Å². The Morgan fingerprint density at radius 1 is 1.11 bits per heavy atom. The molecule has 0 spiro atoms. The molecule has 6 heteroatoms. The van der Waals surface area contributed by atoms with Crippen LogP contribution in [0.25, 0.3) is 0 Å². The maximum atomic E-state index is 12.7. The second-order valence-corrected chi connectivity index (χ2v) is 7.70. The van der Waals surface area contributed by atoms with Crippen LogP contribution >= 0.6 is 23.2 Å². The molecule has 1 aliphatic heterocycles. The molecule has 1 N–H and O–H groups in total.